The molecule has 2 fully saturated rings. The van der Waals surface area contributed by atoms with E-state index in [0.29, 0.717) is 24.5 Å². The van der Waals surface area contributed by atoms with Gasteiger partial charge in [-0.25, -0.2) is 0 Å². The van der Waals surface area contributed by atoms with Crippen molar-refractivity contribution in [3.63, 3.8) is 0 Å². The van der Waals surface area contributed by atoms with Gasteiger partial charge in [0.2, 0.25) is 0 Å². The van der Waals surface area contributed by atoms with Gasteiger partial charge in [0.15, 0.2) is 0 Å². The predicted octanol–water partition coefficient (Wildman–Crippen LogP) is 3.43. The van der Waals surface area contributed by atoms with Crippen molar-refractivity contribution in [3.8, 4) is 0 Å². The van der Waals surface area contributed by atoms with Gasteiger partial charge in [-0.15, -0.1) is 5.46 Å². The van der Waals surface area contributed by atoms with Crippen LogP contribution in [0, 0.1) is 18.9 Å². The van der Waals surface area contributed by atoms with Crippen LogP contribution < -0.4 is 5.46 Å². The number of aliphatic hydroxyl groups is 1. The van der Waals surface area contributed by atoms with E-state index in [1.165, 1.54) is 0 Å². The quantitative estimate of drug-likeness (QED) is 0.442. The molecule has 3 rings (SSSR count). The van der Waals surface area contributed by atoms with Crippen LogP contribution in [0.4, 0.5) is 0 Å². The van der Waals surface area contributed by atoms with Gasteiger partial charge >= 0.3 is 29.2 Å². The molecule has 1 aliphatic carbocycles. The minimum atomic E-state index is -0.381. The fraction of sp³-hybridized carbons (Fsp3) is 0.650. The van der Waals surface area contributed by atoms with E-state index in [2.05, 4.69) is 40.7 Å². The second kappa shape index (κ2) is 9.69. The van der Waals surface area contributed by atoms with Crippen LogP contribution in [0.5, 0.6) is 0 Å². The van der Waals surface area contributed by atoms with Gasteiger partial charge in [0.05, 0.1) is 16.8 Å². The van der Waals surface area contributed by atoms with Crippen molar-refractivity contribution in [1.29, 1.82) is 0 Å². The van der Waals surface area contributed by atoms with E-state index in [1.807, 2.05) is 31.2 Å². The van der Waals surface area contributed by atoms with Crippen LogP contribution in [-0.4, -0.2) is 29.0 Å². The van der Waals surface area contributed by atoms with Crippen molar-refractivity contribution in [3.05, 3.63) is 37.3 Å². The Bertz CT molecular complexity index is 522. The fourth-order valence-corrected chi connectivity index (χ4v) is 2.84. The van der Waals surface area contributed by atoms with Crippen LogP contribution in [0.25, 0.3) is 0 Å². The summed E-state index contributed by atoms with van der Waals surface area (Å²) in [5.74, 6) is 0.588. The molecule has 0 atom stereocenters. The Balaban J connectivity index is 0.000000263. The standard InChI is InChI=1S/C12H16BO2.C8H15O.O.Os/c1-11(2)12(3,4)15-13(14-11)10-8-6-5-7-9-10;1-7-3-5-8(2,9)6-4-7;;/h6-9H,1-4H3;7,9H,1,3-6H2,2H3;;/q2*-1;;. The molecular weight excluding hydrogens is 505 g/mol. The van der Waals surface area contributed by atoms with Gasteiger partial charge in [-0.2, -0.15) is 36.2 Å². The molecule has 0 radical (unpaired) electrons. The number of rotatable bonds is 1. The molecule has 26 heavy (non-hydrogen) atoms. The van der Waals surface area contributed by atoms with Gasteiger partial charge in [-0.05, 0) is 47.5 Å². The molecule has 148 valence electrons. The molecule has 1 N–H and O–H groups in total. The summed E-state index contributed by atoms with van der Waals surface area (Å²) in [6, 6.07) is 10.7. The second-order valence-electron chi connectivity index (χ2n) is 8.36. The van der Waals surface area contributed by atoms with Gasteiger partial charge in [0.1, 0.15) is 0 Å². The molecule has 1 saturated carbocycles. The number of benzene rings is 1. The van der Waals surface area contributed by atoms with E-state index in [0.717, 1.165) is 31.1 Å². The van der Waals surface area contributed by atoms with E-state index in [-0.39, 0.29) is 23.9 Å². The summed E-state index contributed by atoms with van der Waals surface area (Å²) < 4.78 is 20.1. The number of hydrogen-bond donors (Lipinski definition) is 1. The Morgan fingerprint density at radius 1 is 1.08 bits per heavy atom. The van der Waals surface area contributed by atoms with Gasteiger partial charge < -0.3 is 21.3 Å². The summed E-state index contributed by atoms with van der Waals surface area (Å²) in [4.78, 5) is 0. The molecule has 0 bridgehead atoms. The van der Waals surface area contributed by atoms with Gasteiger partial charge in [0.25, 0.3) is 0 Å². The first kappa shape index (κ1) is 23.6. The van der Waals surface area contributed by atoms with Gasteiger partial charge in [-0.3, -0.25) is 0 Å². The average molecular weight is 537 g/mol. The topological polar surface area (TPSA) is 55.8 Å². The third kappa shape index (κ3) is 6.64. The summed E-state index contributed by atoms with van der Waals surface area (Å²) >= 11 is 0.611. The summed E-state index contributed by atoms with van der Waals surface area (Å²) in [5.41, 5.74) is 0.134. The maximum absolute atomic E-state index is 9.46. The summed E-state index contributed by atoms with van der Waals surface area (Å²) in [5, 5.41) is 9.46. The SMILES string of the molecule is CC1(C)OB(c2cc[c-]cc2)OC1(C)C.[CH2-]C1CCC(C)(O)CC1.[O]=[Os]. The van der Waals surface area contributed by atoms with Crippen LogP contribution in [0.2, 0.25) is 0 Å². The molecule has 0 spiro atoms. The zero-order valence-electron chi connectivity index (χ0n) is 16.5. The molecule has 1 aromatic carbocycles. The Hall–Kier alpha value is -0.399. The molecule has 6 heteroatoms. The summed E-state index contributed by atoms with van der Waals surface area (Å²) in [7, 11) is -0.260. The number of hydrogen-bond acceptors (Lipinski definition) is 4. The van der Waals surface area contributed by atoms with E-state index >= 15 is 0 Å². The van der Waals surface area contributed by atoms with Crippen molar-refractivity contribution in [1.82, 2.24) is 0 Å². The van der Waals surface area contributed by atoms with Crippen LogP contribution in [0.3, 0.4) is 0 Å². The van der Waals surface area contributed by atoms with Crippen molar-refractivity contribution < 1.29 is 36.5 Å². The first-order valence-electron chi connectivity index (χ1n) is 9.04. The minimum absolute atomic E-state index is 0.260. The summed E-state index contributed by atoms with van der Waals surface area (Å²) in [6.07, 6.45) is 4.04. The average Bonchev–Trinajstić information content (AvgIpc) is 2.82. The predicted molar refractivity (Wildman–Crippen MR) is 99.6 cm³/mol. The molecule has 0 aromatic heterocycles. The molecule has 1 heterocycles. The normalized spacial score (nSPS) is 29.1. The van der Waals surface area contributed by atoms with Crippen LogP contribution >= 0.6 is 0 Å². The van der Waals surface area contributed by atoms with E-state index in [9.17, 15) is 5.11 Å². The van der Waals surface area contributed by atoms with E-state index < -0.39 is 0 Å². The first-order valence-corrected chi connectivity index (χ1v) is 10.1. The van der Waals surface area contributed by atoms with Crippen LogP contribution in [-0.2, 0) is 31.4 Å². The summed E-state index contributed by atoms with van der Waals surface area (Å²) in [6.45, 7) is 14.1. The monoisotopic (exact) mass is 538 g/mol. The van der Waals surface area contributed by atoms with Crippen LogP contribution in [0.15, 0.2) is 24.3 Å². The fourth-order valence-electron chi connectivity index (χ4n) is 2.84. The second-order valence-corrected chi connectivity index (χ2v) is 8.36. The van der Waals surface area contributed by atoms with Crippen molar-refractivity contribution in [2.75, 3.05) is 0 Å². The Morgan fingerprint density at radius 3 is 1.88 bits per heavy atom. The Labute approximate surface area is 169 Å². The van der Waals surface area contributed by atoms with Crippen molar-refractivity contribution in [2.45, 2.75) is 77.1 Å². The Morgan fingerprint density at radius 2 is 1.50 bits per heavy atom. The van der Waals surface area contributed by atoms with E-state index in [1.54, 1.807) is 0 Å². The maximum atomic E-state index is 9.46. The third-order valence-corrected chi connectivity index (χ3v) is 5.45. The zero-order chi connectivity index (χ0) is 20.0. The van der Waals surface area contributed by atoms with Gasteiger partial charge in [-0.1, -0.05) is 12.8 Å². The third-order valence-electron chi connectivity index (χ3n) is 5.45. The van der Waals surface area contributed by atoms with Gasteiger partial charge in [0, 0.05) is 0 Å². The molecule has 1 aromatic rings. The zero-order valence-corrected chi connectivity index (χ0v) is 19.1. The molecule has 4 nitrogen and oxygen atoms in total. The Kier molecular flexibility index (Phi) is 8.81. The molecule has 2 aliphatic rings. The van der Waals surface area contributed by atoms with Crippen molar-refractivity contribution in [2.24, 2.45) is 5.92 Å². The molecule has 0 unspecified atom stereocenters. The molecule has 1 saturated heterocycles. The molecule has 0 amide bonds. The first-order chi connectivity index (χ1) is 12.0. The van der Waals surface area contributed by atoms with E-state index in [4.69, 9.17) is 12.8 Å². The van der Waals surface area contributed by atoms with Crippen molar-refractivity contribution >= 4 is 12.6 Å². The molecular formula is C20H31BO4Os-2. The van der Waals surface area contributed by atoms with Crippen LogP contribution in [0.1, 0.15) is 60.3 Å². The molecule has 1 aliphatic heterocycles.